The molecular formula is C27H30N2O6. The zero-order valence-electron chi connectivity index (χ0n) is 20.4. The highest BCUT2D eigenvalue weighted by atomic mass is 16.5. The van der Waals surface area contributed by atoms with Crippen molar-refractivity contribution in [1.29, 1.82) is 0 Å². The second-order valence-electron chi connectivity index (χ2n) is 8.64. The van der Waals surface area contributed by atoms with Crippen molar-refractivity contribution in [3.05, 3.63) is 71.2 Å². The van der Waals surface area contributed by atoms with E-state index in [1.165, 1.54) is 12.0 Å². The number of amides is 1. The van der Waals surface area contributed by atoms with Crippen molar-refractivity contribution < 1.29 is 28.6 Å². The molecule has 8 heteroatoms. The largest absolute Gasteiger partial charge is 0.503 e. The number of rotatable bonds is 10. The molecule has 0 saturated carbocycles. The summed E-state index contributed by atoms with van der Waals surface area (Å²) in [4.78, 5) is 30.4. The Hall–Kier alpha value is -3.78. The number of carbonyl (C=O) groups is 2. The van der Waals surface area contributed by atoms with Crippen molar-refractivity contribution in [2.45, 2.75) is 19.4 Å². The number of carbonyl (C=O) groups excluding carboxylic acids is 2. The fourth-order valence-electron chi connectivity index (χ4n) is 4.38. The van der Waals surface area contributed by atoms with Crippen LogP contribution in [0.4, 0.5) is 0 Å². The van der Waals surface area contributed by atoms with E-state index in [4.69, 9.17) is 13.9 Å². The first-order valence-electron chi connectivity index (χ1n) is 11.6. The minimum Gasteiger partial charge on any atom is -0.503 e. The molecule has 0 aliphatic carbocycles. The second-order valence-corrected chi connectivity index (χ2v) is 8.64. The molecule has 0 bridgehead atoms. The number of hydrogen-bond donors (Lipinski definition) is 1. The summed E-state index contributed by atoms with van der Waals surface area (Å²) in [7, 11) is 5.43. The third kappa shape index (κ3) is 4.74. The molecule has 0 radical (unpaired) electrons. The van der Waals surface area contributed by atoms with Crippen LogP contribution in [0.5, 0.6) is 11.5 Å². The Morgan fingerprint density at radius 1 is 1.14 bits per heavy atom. The number of methoxy groups -OCH3 is 1. The molecule has 184 valence electrons. The van der Waals surface area contributed by atoms with E-state index in [-0.39, 0.29) is 11.3 Å². The van der Waals surface area contributed by atoms with Crippen molar-refractivity contribution in [1.82, 2.24) is 9.80 Å². The molecular weight excluding hydrogens is 448 g/mol. The number of aliphatic hydroxyl groups excluding tert-OH is 1. The van der Waals surface area contributed by atoms with Gasteiger partial charge in [0.25, 0.3) is 5.91 Å². The van der Waals surface area contributed by atoms with E-state index >= 15 is 0 Å². The Balaban J connectivity index is 1.78. The number of nitrogens with zero attached hydrogens (tertiary/aromatic N) is 2. The first-order chi connectivity index (χ1) is 16.8. The lowest BCUT2D eigenvalue weighted by molar-refractivity contribution is -0.129. The van der Waals surface area contributed by atoms with Crippen LogP contribution in [0.2, 0.25) is 0 Å². The summed E-state index contributed by atoms with van der Waals surface area (Å²) in [6.07, 6.45) is 0.669. The molecule has 1 unspecified atom stereocenters. The molecule has 8 nitrogen and oxygen atoms in total. The molecule has 1 atom stereocenters. The highest BCUT2D eigenvalue weighted by molar-refractivity contribution is 6.16. The molecule has 0 spiro atoms. The topological polar surface area (TPSA) is 92.5 Å². The Labute approximate surface area is 204 Å². The molecule has 1 aliphatic heterocycles. The third-order valence-electron chi connectivity index (χ3n) is 6.01. The number of hydrogen-bond acceptors (Lipinski definition) is 7. The number of aliphatic hydroxyl groups is 1. The number of furan rings is 1. The highest BCUT2D eigenvalue weighted by Crippen LogP contribution is 2.42. The summed E-state index contributed by atoms with van der Waals surface area (Å²) < 4.78 is 16.9. The van der Waals surface area contributed by atoms with Crippen LogP contribution in [0.3, 0.4) is 0 Å². The van der Waals surface area contributed by atoms with Crippen molar-refractivity contribution in [3.63, 3.8) is 0 Å². The van der Waals surface area contributed by atoms with Crippen LogP contribution >= 0.6 is 0 Å². The van der Waals surface area contributed by atoms with E-state index in [2.05, 4.69) is 0 Å². The molecule has 1 aromatic heterocycles. The Morgan fingerprint density at radius 2 is 1.91 bits per heavy atom. The number of fused-ring (bicyclic) bond motifs is 1. The van der Waals surface area contributed by atoms with Gasteiger partial charge in [-0.1, -0.05) is 24.3 Å². The van der Waals surface area contributed by atoms with Gasteiger partial charge >= 0.3 is 0 Å². The van der Waals surface area contributed by atoms with Gasteiger partial charge in [-0.2, -0.15) is 0 Å². The zero-order valence-corrected chi connectivity index (χ0v) is 20.4. The smallest absolute Gasteiger partial charge is 0.290 e. The van der Waals surface area contributed by atoms with E-state index in [1.54, 1.807) is 30.3 Å². The Kier molecular flexibility index (Phi) is 7.12. The minimum atomic E-state index is -0.796. The Bertz CT molecular complexity index is 1240. The van der Waals surface area contributed by atoms with Gasteiger partial charge in [0.1, 0.15) is 5.58 Å². The predicted molar refractivity (Wildman–Crippen MR) is 132 cm³/mol. The van der Waals surface area contributed by atoms with Crippen LogP contribution in [0, 0.1) is 0 Å². The number of ketones is 1. The van der Waals surface area contributed by atoms with Gasteiger partial charge in [-0.25, -0.2) is 0 Å². The van der Waals surface area contributed by atoms with Gasteiger partial charge in [-0.3, -0.25) is 9.59 Å². The van der Waals surface area contributed by atoms with E-state index in [1.807, 2.05) is 44.1 Å². The maximum absolute atomic E-state index is 13.7. The number of para-hydroxylation sites is 1. The third-order valence-corrected chi connectivity index (χ3v) is 6.01. The standard InChI is InChI=1S/C27H30N2O6/c1-5-34-20-12-11-18(16-21(20)33-4)24-23(26(31)27(32)29(24)14-8-13-28(2)3)25(30)22-15-17-9-6-7-10-19(17)35-22/h6-7,9-12,15-16,24,31H,5,8,13-14H2,1-4H3. The summed E-state index contributed by atoms with van der Waals surface area (Å²) in [5, 5.41) is 11.7. The second kappa shape index (κ2) is 10.2. The molecule has 4 rings (SSSR count). The molecule has 1 N–H and O–H groups in total. The molecule has 35 heavy (non-hydrogen) atoms. The molecule has 0 saturated heterocycles. The van der Waals surface area contributed by atoms with Gasteiger partial charge in [0.2, 0.25) is 5.78 Å². The lowest BCUT2D eigenvalue weighted by Crippen LogP contribution is -2.33. The van der Waals surface area contributed by atoms with Crippen molar-refractivity contribution in [2.24, 2.45) is 0 Å². The van der Waals surface area contributed by atoms with Crippen molar-refractivity contribution in [3.8, 4) is 11.5 Å². The molecule has 1 amide bonds. The zero-order chi connectivity index (χ0) is 25.1. The van der Waals surface area contributed by atoms with Gasteiger partial charge in [0.05, 0.1) is 25.3 Å². The Morgan fingerprint density at radius 3 is 2.60 bits per heavy atom. The summed E-state index contributed by atoms with van der Waals surface area (Å²) in [5.41, 5.74) is 1.18. The quantitative estimate of drug-likeness (QED) is 0.433. The van der Waals surface area contributed by atoms with Crippen molar-refractivity contribution in [2.75, 3.05) is 40.9 Å². The van der Waals surface area contributed by atoms with E-state index in [9.17, 15) is 14.7 Å². The monoisotopic (exact) mass is 478 g/mol. The average Bonchev–Trinajstić information content (AvgIpc) is 3.39. The van der Waals surface area contributed by atoms with Gasteiger partial charge in [-0.15, -0.1) is 0 Å². The van der Waals surface area contributed by atoms with E-state index < -0.39 is 23.5 Å². The number of benzene rings is 2. The van der Waals surface area contributed by atoms with Crippen LogP contribution in [0.25, 0.3) is 11.0 Å². The van der Waals surface area contributed by atoms with Crippen LogP contribution in [-0.2, 0) is 4.79 Å². The minimum absolute atomic E-state index is 0.00915. The van der Waals surface area contributed by atoms with E-state index in [0.29, 0.717) is 42.2 Å². The highest BCUT2D eigenvalue weighted by Gasteiger charge is 2.44. The normalized spacial score (nSPS) is 16.0. The first-order valence-corrected chi connectivity index (χ1v) is 11.6. The number of Topliss-reactive ketones (excluding diaryl/α,β-unsaturated/α-hetero) is 1. The molecule has 2 aromatic carbocycles. The SMILES string of the molecule is CCOc1ccc(C2C(C(=O)c3cc4ccccc4o3)=C(O)C(=O)N2CCCN(C)C)cc1OC. The van der Waals surface area contributed by atoms with Crippen LogP contribution < -0.4 is 9.47 Å². The van der Waals surface area contributed by atoms with Crippen LogP contribution in [0.15, 0.2) is 64.3 Å². The van der Waals surface area contributed by atoms with Crippen LogP contribution in [-0.4, -0.2) is 67.5 Å². The van der Waals surface area contributed by atoms with Gasteiger partial charge in [0.15, 0.2) is 23.0 Å². The van der Waals surface area contributed by atoms with Gasteiger partial charge < -0.3 is 28.8 Å². The fourth-order valence-corrected chi connectivity index (χ4v) is 4.38. The molecule has 0 fully saturated rings. The van der Waals surface area contributed by atoms with Gasteiger partial charge in [0, 0.05) is 11.9 Å². The first kappa shape index (κ1) is 24.3. The maximum atomic E-state index is 13.7. The summed E-state index contributed by atoms with van der Waals surface area (Å²) in [6.45, 7) is 3.44. The fraction of sp³-hybridized carbons (Fsp3) is 0.333. The lowest BCUT2D eigenvalue weighted by atomic mass is 9.94. The summed E-state index contributed by atoms with van der Waals surface area (Å²) in [6, 6.07) is 13.4. The molecule has 2 heterocycles. The predicted octanol–water partition coefficient (Wildman–Crippen LogP) is 4.37. The summed E-state index contributed by atoms with van der Waals surface area (Å²) in [5.74, 6) is -0.564. The average molecular weight is 479 g/mol. The maximum Gasteiger partial charge on any atom is 0.290 e. The van der Waals surface area contributed by atoms with Crippen LogP contribution in [0.1, 0.15) is 35.5 Å². The van der Waals surface area contributed by atoms with Crippen molar-refractivity contribution >= 4 is 22.7 Å². The van der Waals surface area contributed by atoms with E-state index in [0.717, 1.165) is 11.9 Å². The lowest BCUT2D eigenvalue weighted by Gasteiger charge is -2.27. The van der Waals surface area contributed by atoms with Gasteiger partial charge in [-0.05, 0) is 63.8 Å². The number of ether oxygens (including phenoxy) is 2. The molecule has 1 aliphatic rings. The molecule has 3 aromatic rings. The summed E-state index contributed by atoms with van der Waals surface area (Å²) >= 11 is 0.